The number of H-pyrrole nitrogens is 1. The summed E-state index contributed by atoms with van der Waals surface area (Å²) in [5.41, 5.74) is 3.45. The average molecular weight is 362 g/mol. The van der Waals surface area contributed by atoms with Crippen molar-refractivity contribution in [3.05, 3.63) is 63.7 Å². The van der Waals surface area contributed by atoms with Crippen molar-refractivity contribution in [3.63, 3.8) is 0 Å². The molecule has 0 saturated heterocycles. The number of hydrogen-bond acceptors (Lipinski definition) is 5. The molecular weight excluding hydrogens is 344 g/mol. The summed E-state index contributed by atoms with van der Waals surface area (Å²) >= 11 is 0. The molecule has 0 unspecified atom stereocenters. The zero-order valence-electron chi connectivity index (χ0n) is 15.1. The van der Waals surface area contributed by atoms with Crippen molar-refractivity contribution in [1.29, 1.82) is 0 Å². The zero-order valence-corrected chi connectivity index (χ0v) is 15.1. The molecule has 4 rings (SSSR count). The number of benzene rings is 2. The van der Waals surface area contributed by atoms with Crippen molar-refractivity contribution < 1.29 is 9.84 Å². The number of nitrogens with zero attached hydrogens (tertiary/aromatic N) is 3. The second-order valence-electron chi connectivity index (χ2n) is 6.35. The van der Waals surface area contributed by atoms with E-state index >= 15 is 0 Å². The van der Waals surface area contributed by atoms with Gasteiger partial charge >= 0.3 is 0 Å². The van der Waals surface area contributed by atoms with E-state index in [9.17, 15) is 9.90 Å². The quantitative estimate of drug-likeness (QED) is 0.548. The van der Waals surface area contributed by atoms with E-state index in [1.807, 2.05) is 25.1 Å². The first-order valence-electron chi connectivity index (χ1n) is 8.41. The lowest BCUT2D eigenvalue weighted by molar-refractivity contribution is 0.373. The van der Waals surface area contributed by atoms with Crippen LogP contribution in [-0.4, -0.2) is 33.1 Å². The van der Waals surface area contributed by atoms with Gasteiger partial charge < -0.3 is 14.8 Å². The third-order valence-electron chi connectivity index (χ3n) is 4.44. The molecule has 27 heavy (non-hydrogen) atoms. The Labute approximate surface area is 154 Å². The highest BCUT2D eigenvalue weighted by Gasteiger charge is 2.13. The molecule has 0 bridgehead atoms. The fourth-order valence-electron chi connectivity index (χ4n) is 3.06. The molecule has 7 nitrogen and oxygen atoms in total. The van der Waals surface area contributed by atoms with Crippen LogP contribution in [0.2, 0.25) is 0 Å². The molecule has 2 aromatic carbocycles. The predicted octanol–water partition coefficient (Wildman–Crippen LogP) is 3.09. The van der Waals surface area contributed by atoms with Crippen LogP contribution in [0.1, 0.15) is 17.0 Å². The molecule has 0 radical (unpaired) electrons. The van der Waals surface area contributed by atoms with Gasteiger partial charge in [-0.05, 0) is 49.7 Å². The van der Waals surface area contributed by atoms with E-state index in [-0.39, 0.29) is 11.3 Å². The van der Waals surface area contributed by atoms with Crippen LogP contribution in [-0.2, 0) is 0 Å². The van der Waals surface area contributed by atoms with Gasteiger partial charge in [-0.25, -0.2) is 4.98 Å². The minimum Gasteiger partial charge on any atom is -0.504 e. The maximum absolute atomic E-state index is 12.9. The first-order valence-corrected chi connectivity index (χ1v) is 8.41. The summed E-state index contributed by atoms with van der Waals surface area (Å²) in [7, 11) is 1.47. The van der Waals surface area contributed by atoms with Gasteiger partial charge in [0, 0.05) is 10.9 Å². The molecule has 0 aliphatic carbocycles. The first-order chi connectivity index (χ1) is 13.0. The molecule has 0 aliphatic heterocycles. The number of phenols is 1. The van der Waals surface area contributed by atoms with Gasteiger partial charge in [-0.15, -0.1) is 0 Å². The third kappa shape index (κ3) is 2.83. The number of ether oxygens (including phenoxy) is 1. The van der Waals surface area contributed by atoms with E-state index in [1.54, 1.807) is 19.1 Å². The first kappa shape index (κ1) is 16.8. The molecule has 0 atom stereocenters. The summed E-state index contributed by atoms with van der Waals surface area (Å²) in [4.78, 5) is 20.6. The fraction of sp³-hybridized carbons (Fsp3) is 0.150. The highest BCUT2D eigenvalue weighted by molar-refractivity contribution is 6.04. The summed E-state index contributed by atoms with van der Waals surface area (Å²) in [5, 5.41) is 14.9. The lowest BCUT2D eigenvalue weighted by Gasteiger charge is -2.05. The van der Waals surface area contributed by atoms with Crippen LogP contribution >= 0.6 is 0 Å². The second kappa shape index (κ2) is 6.28. The summed E-state index contributed by atoms with van der Waals surface area (Å²) in [6.45, 7) is 3.74. The monoisotopic (exact) mass is 362 g/mol. The Morgan fingerprint density at radius 3 is 2.81 bits per heavy atom. The van der Waals surface area contributed by atoms with Gasteiger partial charge in [0.05, 0.1) is 13.3 Å². The fourth-order valence-corrected chi connectivity index (χ4v) is 3.06. The lowest BCUT2D eigenvalue weighted by Crippen LogP contribution is -2.20. The van der Waals surface area contributed by atoms with E-state index in [0.29, 0.717) is 28.2 Å². The predicted molar refractivity (Wildman–Crippen MR) is 105 cm³/mol. The van der Waals surface area contributed by atoms with Gasteiger partial charge in [0.15, 0.2) is 11.5 Å². The molecule has 0 aliphatic rings. The highest BCUT2D eigenvalue weighted by Crippen LogP contribution is 2.26. The van der Waals surface area contributed by atoms with E-state index in [1.165, 1.54) is 24.1 Å². The number of aryl methyl sites for hydroxylation is 2. The molecule has 136 valence electrons. The van der Waals surface area contributed by atoms with E-state index in [2.05, 4.69) is 15.1 Å². The molecule has 0 saturated carbocycles. The number of methoxy groups -OCH3 is 1. The Kier molecular flexibility index (Phi) is 3.92. The van der Waals surface area contributed by atoms with Crippen LogP contribution in [0.4, 0.5) is 0 Å². The summed E-state index contributed by atoms with van der Waals surface area (Å²) in [5.74, 6) is 0.860. The molecule has 2 aromatic heterocycles. The van der Waals surface area contributed by atoms with Crippen LogP contribution in [0, 0.1) is 13.8 Å². The Morgan fingerprint density at radius 1 is 1.22 bits per heavy atom. The Hall–Kier alpha value is -3.61. The minimum atomic E-state index is -0.270. The summed E-state index contributed by atoms with van der Waals surface area (Å²) in [6, 6.07) is 10.8. The summed E-state index contributed by atoms with van der Waals surface area (Å²) < 4.78 is 6.34. The van der Waals surface area contributed by atoms with Gasteiger partial charge in [-0.3, -0.25) is 4.79 Å². The van der Waals surface area contributed by atoms with Crippen molar-refractivity contribution in [1.82, 2.24) is 14.6 Å². The van der Waals surface area contributed by atoms with E-state index in [0.717, 1.165) is 16.5 Å². The largest absolute Gasteiger partial charge is 0.504 e. The zero-order chi connectivity index (χ0) is 19.1. The number of rotatable bonds is 3. The van der Waals surface area contributed by atoms with Gasteiger partial charge in [-0.1, -0.05) is 11.6 Å². The smallest absolute Gasteiger partial charge is 0.298 e. The third-order valence-corrected chi connectivity index (χ3v) is 4.44. The van der Waals surface area contributed by atoms with Crippen LogP contribution in [0.5, 0.6) is 11.5 Å². The van der Waals surface area contributed by atoms with Crippen molar-refractivity contribution in [2.75, 3.05) is 7.11 Å². The molecule has 0 spiro atoms. The summed E-state index contributed by atoms with van der Waals surface area (Å²) in [6.07, 6.45) is 1.52. The maximum atomic E-state index is 12.9. The number of phenolic OH excluding ortho intramolecular Hbond substituents is 1. The molecule has 2 N–H and O–H groups in total. The molecule has 0 amide bonds. The molecule has 0 fully saturated rings. The number of aromatic amines is 1. The van der Waals surface area contributed by atoms with Gasteiger partial charge in [-0.2, -0.15) is 9.78 Å². The van der Waals surface area contributed by atoms with Crippen LogP contribution in [0.15, 0.2) is 46.3 Å². The maximum Gasteiger partial charge on any atom is 0.298 e. The van der Waals surface area contributed by atoms with Crippen molar-refractivity contribution in [2.24, 2.45) is 5.10 Å². The second-order valence-corrected chi connectivity index (χ2v) is 6.35. The average Bonchev–Trinajstić information content (AvgIpc) is 3.01. The molecule has 7 heteroatoms. The molecule has 2 heterocycles. The van der Waals surface area contributed by atoms with E-state index < -0.39 is 0 Å². The van der Waals surface area contributed by atoms with Crippen LogP contribution in [0.3, 0.4) is 0 Å². The Morgan fingerprint density at radius 2 is 2.04 bits per heavy atom. The highest BCUT2D eigenvalue weighted by atomic mass is 16.5. The normalized spacial score (nSPS) is 11.7. The standard InChI is InChI=1S/C20H18N4O3/c1-11-4-6-15-14(8-11)18-19(23-15)20(26)24(12(2)22-18)21-10-13-5-7-16(25)17(9-13)27-3/h4-10,23,25H,1-3H3/b21-10-. The van der Waals surface area contributed by atoms with Crippen molar-refractivity contribution >= 4 is 28.2 Å². The lowest BCUT2D eigenvalue weighted by atomic mass is 10.1. The Balaban J connectivity index is 1.85. The van der Waals surface area contributed by atoms with Crippen LogP contribution < -0.4 is 10.3 Å². The number of aromatic hydroxyl groups is 1. The number of fused-ring (bicyclic) bond motifs is 3. The number of aromatic nitrogens is 3. The van der Waals surface area contributed by atoms with Crippen molar-refractivity contribution in [3.8, 4) is 11.5 Å². The van der Waals surface area contributed by atoms with E-state index in [4.69, 9.17) is 4.74 Å². The Bertz CT molecular complexity index is 1270. The number of hydrogen-bond donors (Lipinski definition) is 2. The van der Waals surface area contributed by atoms with Crippen molar-refractivity contribution in [2.45, 2.75) is 13.8 Å². The van der Waals surface area contributed by atoms with Crippen LogP contribution in [0.25, 0.3) is 21.9 Å². The van der Waals surface area contributed by atoms with Gasteiger partial charge in [0.2, 0.25) is 0 Å². The molecule has 4 aromatic rings. The SMILES string of the molecule is COc1cc(/C=N\n2c(C)nc3c([nH]c4ccc(C)cc43)c2=O)ccc1O. The topological polar surface area (TPSA) is 92.5 Å². The minimum absolute atomic E-state index is 0.0412. The van der Waals surface area contributed by atoms with Gasteiger partial charge in [0.1, 0.15) is 16.9 Å². The molecular formula is C20H18N4O3. The number of nitrogens with one attached hydrogen (secondary N) is 1. The van der Waals surface area contributed by atoms with Gasteiger partial charge in [0.25, 0.3) is 5.56 Å².